The van der Waals surface area contributed by atoms with Crippen LogP contribution in [0.25, 0.3) is 10.2 Å². The molecular formula is C23H18FN3O2S2. The third-order valence-corrected chi connectivity index (χ3v) is 6.57. The quantitative estimate of drug-likeness (QED) is 0.368. The van der Waals surface area contributed by atoms with E-state index in [9.17, 15) is 14.0 Å². The Morgan fingerprint density at radius 2 is 1.74 bits per heavy atom. The van der Waals surface area contributed by atoms with Crippen molar-refractivity contribution in [2.45, 2.75) is 11.3 Å². The number of rotatable bonds is 6. The molecule has 4 rings (SSSR count). The summed E-state index contributed by atoms with van der Waals surface area (Å²) in [5.41, 5.74) is 3.21. The van der Waals surface area contributed by atoms with E-state index in [0.717, 1.165) is 25.8 Å². The Hall–Kier alpha value is -3.23. The summed E-state index contributed by atoms with van der Waals surface area (Å²) >= 11 is 2.79. The second-order valence-electron chi connectivity index (χ2n) is 6.80. The van der Waals surface area contributed by atoms with Gasteiger partial charge in [0.2, 0.25) is 5.91 Å². The van der Waals surface area contributed by atoms with Crippen molar-refractivity contribution < 1.29 is 14.0 Å². The van der Waals surface area contributed by atoms with Crippen LogP contribution in [0.3, 0.4) is 0 Å². The number of nitrogens with zero attached hydrogens (tertiary/aromatic N) is 1. The fourth-order valence-electron chi connectivity index (χ4n) is 2.85. The topological polar surface area (TPSA) is 71.1 Å². The average Bonchev–Trinajstić information content (AvgIpc) is 3.16. The fraction of sp³-hybridized carbons (Fsp3) is 0.0870. The SMILES string of the molecule is Cc1ccc(NC(=O)CSc2nc3ccc(NC(=O)c4ccccc4F)cc3s2)cc1. The molecule has 0 fully saturated rings. The molecule has 1 heterocycles. The summed E-state index contributed by atoms with van der Waals surface area (Å²) < 4.78 is 15.4. The third kappa shape index (κ3) is 5.28. The van der Waals surface area contributed by atoms with E-state index in [-0.39, 0.29) is 17.2 Å². The molecule has 8 heteroatoms. The molecule has 0 aliphatic heterocycles. The second-order valence-corrected chi connectivity index (χ2v) is 9.05. The van der Waals surface area contributed by atoms with Crippen molar-refractivity contribution in [3.8, 4) is 0 Å². The molecule has 2 amide bonds. The van der Waals surface area contributed by atoms with Crippen LogP contribution in [-0.2, 0) is 4.79 Å². The Morgan fingerprint density at radius 1 is 1.00 bits per heavy atom. The molecule has 0 spiro atoms. The number of anilines is 2. The molecule has 0 radical (unpaired) electrons. The van der Waals surface area contributed by atoms with Crippen molar-refractivity contribution in [1.82, 2.24) is 4.98 Å². The molecule has 2 N–H and O–H groups in total. The van der Waals surface area contributed by atoms with E-state index in [4.69, 9.17) is 0 Å². The summed E-state index contributed by atoms with van der Waals surface area (Å²) in [6.07, 6.45) is 0. The Balaban J connectivity index is 1.39. The van der Waals surface area contributed by atoms with Gasteiger partial charge in [0.1, 0.15) is 5.82 Å². The molecule has 0 aliphatic carbocycles. The van der Waals surface area contributed by atoms with Crippen molar-refractivity contribution in [2.24, 2.45) is 0 Å². The summed E-state index contributed by atoms with van der Waals surface area (Å²) in [5.74, 6) is -0.943. The number of carbonyl (C=O) groups is 2. The van der Waals surface area contributed by atoms with Gasteiger partial charge in [-0.25, -0.2) is 9.37 Å². The van der Waals surface area contributed by atoms with Crippen LogP contribution in [-0.4, -0.2) is 22.6 Å². The minimum Gasteiger partial charge on any atom is -0.325 e. The largest absolute Gasteiger partial charge is 0.325 e. The van der Waals surface area contributed by atoms with Crippen LogP contribution < -0.4 is 10.6 Å². The number of aryl methyl sites for hydroxylation is 1. The number of carbonyl (C=O) groups excluding carboxylic acids is 2. The minimum absolute atomic E-state index is 0.0114. The molecule has 0 unspecified atom stereocenters. The molecule has 0 atom stereocenters. The summed E-state index contributed by atoms with van der Waals surface area (Å²) in [4.78, 5) is 29.0. The number of nitrogens with one attached hydrogen (secondary N) is 2. The lowest BCUT2D eigenvalue weighted by molar-refractivity contribution is -0.113. The molecule has 0 aliphatic rings. The maximum Gasteiger partial charge on any atom is 0.258 e. The summed E-state index contributed by atoms with van der Waals surface area (Å²) in [6, 6.07) is 18.8. The van der Waals surface area contributed by atoms with Crippen molar-refractivity contribution >= 4 is 56.5 Å². The minimum atomic E-state index is -0.568. The molecule has 31 heavy (non-hydrogen) atoms. The Kier molecular flexibility index (Phi) is 6.29. The molecule has 156 valence electrons. The highest BCUT2D eigenvalue weighted by Gasteiger charge is 2.13. The first kappa shape index (κ1) is 21.0. The van der Waals surface area contributed by atoms with Gasteiger partial charge in [0.15, 0.2) is 4.34 Å². The first-order valence-electron chi connectivity index (χ1n) is 9.44. The molecule has 5 nitrogen and oxygen atoms in total. The van der Waals surface area contributed by atoms with Gasteiger partial charge in [0.05, 0.1) is 21.5 Å². The van der Waals surface area contributed by atoms with E-state index in [0.29, 0.717) is 5.69 Å². The molecule has 0 bridgehead atoms. The van der Waals surface area contributed by atoms with E-state index in [2.05, 4.69) is 15.6 Å². The highest BCUT2D eigenvalue weighted by Crippen LogP contribution is 2.31. The van der Waals surface area contributed by atoms with Crippen LogP contribution in [0.15, 0.2) is 71.1 Å². The first-order chi connectivity index (χ1) is 15.0. The molecule has 4 aromatic rings. The normalized spacial score (nSPS) is 10.8. The predicted molar refractivity (Wildman–Crippen MR) is 125 cm³/mol. The van der Waals surface area contributed by atoms with E-state index in [1.54, 1.807) is 24.3 Å². The van der Waals surface area contributed by atoms with E-state index in [1.165, 1.54) is 41.3 Å². The zero-order valence-electron chi connectivity index (χ0n) is 16.5. The number of benzene rings is 3. The lowest BCUT2D eigenvalue weighted by Gasteiger charge is -2.05. The van der Waals surface area contributed by atoms with Gasteiger partial charge in [-0.15, -0.1) is 11.3 Å². The summed E-state index contributed by atoms with van der Waals surface area (Å²) in [7, 11) is 0. The average molecular weight is 452 g/mol. The van der Waals surface area contributed by atoms with E-state index in [1.807, 2.05) is 31.2 Å². The maximum absolute atomic E-state index is 13.8. The van der Waals surface area contributed by atoms with Gasteiger partial charge in [-0.1, -0.05) is 41.6 Å². The van der Waals surface area contributed by atoms with Gasteiger partial charge in [-0.2, -0.15) is 0 Å². The van der Waals surface area contributed by atoms with Gasteiger partial charge in [0.25, 0.3) is 5.91 Å². The van der Waals surface area contributed by atoms with Crippen molar-refractivity contribution in [1.29, 1.82) is 0 Å². The molecule has 3 aromatic carbocycles. The molecule has 0 saturated heterocycles. The lowest BCUT2D eigenvalue weighted by atomic mass is 10.2. The molecular weight excluding hydrogens is 433 g/mol. The number of thiazole rings is 1. The zero-order chi connectivity index (χ0) is 21.8. The second kappa shape index (κ2) is 9.28. The standard InChI is InChI=1S/C23H18FN3O2S2/c1-14-6-8-15(9-7-14)25-21(28)13-30-23-27-19-11-10-16(12-20(19)31-23)26-22(29)17-4-2-3-5-18(17)24/h2-12H,13H2,1H3,(H,25,28)(H,26,29). The van der Waals surface area contributed by atoms with Crippen LogP contribution in [0.4, 0.5) is 15.8 Å². The maximum atomic E-state index is 13.8. The van der Waals surface area contributed by atoms with Crippen LogP contribution in [0.5, 0.6) is 0 Å². The van der Waals surface area contributed by atoms with Crippen molar-refractivity contribution in [3.63, 3.8) is 0 Å². The smallest absolute Gasteiger partial charge is 0.258 e. The van der Waals surface area contributed by atoms with Gasteiger partial charge in [-0.05, 0) is 49.4 Å². The predicted octanol–water partition coefficient (Wildman–Crippen LogP) is 5.73. The lowest BCUT2D eigenvalue weighted by Crippen LogP contribution is -2.13. The van der Waals surface area contributed by atoms with E-state index < -0.39 is 11.7 Å². The van der Waals surface area contributed by atoms with E-state index >= 15 is 0 Å². The number of hydrogen-bond donors (Lipinski definition) is 2. The van der Waals surface area contributed by atoms with Gasteiger partial charge in [-0.3, -0.25) is 9.59 Å². The number of halogens is 1. The summed E-state index contributed by atoms with van der Waals surface area (Å²) in [6.45, 7) is 1.99. The highest BCUT2D eigenvalue weighted by molar-refractivity contribution is 8.01. The van der Waals surface area contributed by atoms with Gasteiger partial charge < -0.3 is 10.6 Å². The Morgan fingerprint density at radius 3 is 2.52 bits per heavy atom. The van der Waals surface area contributed by atoms with Gasteiger partial charge in [0, 0.05) is 11.4 Å². The number of thioether (sulfide) groups is 1. The van der Waals surface area contributed by atoms with Crippen molar-refractivity contribution in [2.75, 3.05) is 16.4 Å². The first-order valence-corrected chi connectivity index (χ1v) is 11.2. The van der Waals surface area contributed by atoms with Crippen LogP contribution in [0, 0.1) is 12.7 Å². The van der Waals surface area contributed by atoms with Crippen molar-refractivity contribution in [3.05, 3.63) is 83.7 Å². The van der Waals surface area contributed by atoms with Crippen LogP contribution >= 0.6 is 23.1 Å². The molecule has 1 aromatic heterocycles. The number of hydrogen-bond acceptors (Lipinski definition) is 5. The number of amides is 2. The number of fused-ring (bicyclic) bond motifs is 1. The highest BCUT2D eigenvalue weighted by atomic mass is 32.2. The molecule has 0 saturated carbocycles. The third-order valence-electron chi connectivity index (χ3n) is 4.41. The van der Waals surface area contributed by atoms with Crippen LogP contribution in [0.2, 0.25) is 0 Å². The monoisotopic (exact) mass is 451 g/mol. The zero-order valence-corrected chi connectivity index (χ0v) is 18.1. The Labute approximate surface area is 186 Å². The summed E-state index contributed by atoms with van der Waals surface area (Å²) in [5, 5.41) is 5.57. The number of aromatic nitrogens is 1. The Bertz CT molecular complexity index is 1260. The van der Waals surface area contributed by atoms with Crippen LogP contribution in [0.1, 0.15) is 15.9 Å². The fourth-order valence-corrected chi connectivity index (χ4v) is 4.76. The van der Waals surface area contributed by atoms with Gasteiger partial charge >= 0.3 is 0 Å².